The number of aryl methyl sites for hydroxylation is 2. The standard InChI is InChI=1S/C29H40O8/c1-16-8-9-20-12-22(31)14-25(27(20)24(16)11-10-21(30)13-23(32)15-26(33)34)37-29(35)19(4)36-28-17(2)6-5-7-18(28)3/h5-9,12,16,19,21-25,27,30-32H,10-11,13-15H2,1-4H3,(H,33,34)/t16-,19?,21+,22+,23+,24-,25-,27-/m0/s1. The summed E-state index contributed by atoms with van der Waals surface area (Å²) in [7, 11) is 0. The lowest BCUT2D eigenvalue weighted by molar-refractivity contribution is -0.162. The van der Waals surface area contributed by atoms with Gasteiger partial charge in [-0.3, -0.25) is 4.79 Å². The lowest BCUT2D eigenvalue weighted by Crippen LogP contribution is -2.44. The van der Waals surface area contributed by atoms with Crippen LogP contribution in [0, 0.1) is 31.6 Å². The van der Waals surface area contributed by atoms with Gasteiger partial charge in [0.1, 0.15) is 11.9 Å². The van der Waals surface area contributed by atoms with E-state index in [-0.39, 0.29) is 30.6 Å². The van der Waals surface area contributed by atoms with Gasteiger partial charge in [-0.1, -0.05) is 43.4 Å². The van der Waals surface area contributed by atoms with Crippen LogP contribution in [-0.2, 0) is 14.3 Å². The van der Waals surface area contributed by atoms with Gasteiger partial charge in [0, 0.05) is 12.3 Å². The van der Waals surface area contributed by atoms with Crippen molar-refractivity contribution < 1.29 is 39.5 Å². The molecule has 1 aromatic rings. The van der Waals surface area contributed by atoms with E-state index in [0.29, 0.717) is 18.6 Å². The molecule has 0 amide bonds. The summed E-state index contributed by atoms with van der Waals surface area (Å²) < 4.78 is 11.9. The molecule has 0 aromatic heterocycles. The van der Waals surface area contributed by atoms with E-state index >= 15 is 0 Å². The van der Waals surface area contributed by atoms with Crippen molar-refractivity contribution in [3.8, 4) is 5.75 Å². The Hall–Kier alpha value is -2.68. The fraction of sp³-hybridized carbons (Fsp3) is 0.586. The van der Waals surface area contributed by atoms with Gasteiger partial charge in [0.05, 0.1) is 24.7 Å². The average Bonchev–Trinajstić information content (AvgIpc) is 2.80. The number of ether oxygens (including phenoxy) is 2. The molecule has 0 saturated heterocycles. The third-order valence-corrected chi connectivity index (χ3v) is 7.46. The summed E-state index contributed by atoms with van der Waals surface area (Å²) in [6.45, 7) is 7.57. The zero-order valence-electron chi connectivity index (χ0n) is 22.0. The van der Waals surface area contributed by atoms with Gasteiger partial charge in [-0.25, -0.2) is 4.79 Å². The molecule has 4 N–H and O–H groups in total. The molecule has 1 aromatic carbocycles. The summed E-state index contributed by atoms with van der Waals surface area (Å²) >= 11 is 0. The van der Waals surface area contributed by atoms with Gasteiger partial charge in [0.25, 0.3) is 0 Å². The van der Waals surface area contributed by atoms with Crippen molar-refractivity contribution in [1.29, 1.82) is 0 Å². The van der Waals surface area contributed by atoms with Crippen LogP contribution in [0.5, 0.6) is 5.75 Å². The first-order valence-corrected chi connectivity index (χ1v) is 13.1. The molecule has 0 bridgehead atoms. The smallest absolute Gasteiger partial charge is 0.347 e. The van der Waals surface area contributed by atoms with Crippen molar-refractivity contribution in [3.63, 3.8) is 0 Å². The number of benzene rings is 1. The number of fused-ring (bicyclic) bond motifs is 1. The summed E-state index contributed by atoms with van der Waals surface area (Å²) in [5.74, 6) is -0.945. The molecular formula is C29H40O8. The van der Waals surface area contributed by atoms with Gasteiger partial charge in [-0.05, 0) is 68.6 Å². The van der Waals surface area contributed by atoms with Crippen LogP contribution in [0.2, 0.25) is 0 Å². The number of carbonyl (C=O) groups is 2. The van der Waals surface area contributed by atoms with E-state index < -0.39 is 48.9 Å². The molecule has 2 aliphatic carbocycles. The minimum Gasteiger partial charge on any atom is -0.481 e. The first-order chi connectivity index (χ1) is 17.5. The number of para-hydroxylation sites is 1. The van der Waals surface area contributed by atoms with Crippen LogP contribution in [0.4, 0.5) is 0 Å². The Bertz CT molecular complexity index is 995. The maximum Gasteiger partial charge on any atom is 0.347 e. The van der Waals surface area contributed by atoms with Crippen molar-refractivity contribution in [3.05, 3.63) is 53.1 Å². The number of carboxylic acids is 1. The Morgan fingerprint density at radius 3 is 2.46 bits per heavy atom. The summed E-state index contributed by atoms with van der Waals surface area (Å²) in [5.41, 5.74) is 2.76. The van der Waals surface area contributed by atoms with Crippen LogP contribution in [-0.4, -0.2) is 62.9 Å². The number of aliphatic hydroxyl groups excluding tert-OH is 3. The number of aliphatic carboxylic acids is 1. The highest BCUT2D eigenvalue weighted by Gasteiger charge is 2.42. The number of rotatable bonds is 11. The van der Waals surface area contributed by atoms with Gasteiger partial charge in [0.15, 0.2) is 6.10 Å². The fourth-order valence-electron chi connectivity index (χ4n) is 5.54. The van der Waals surface area contributed by atoms with E-state index in [1.807, 2.05) is 38.1 Å². The number of carboxylic acid groups (broad SMARTS) is 1. The molecule has 0 aliphatic heterocycles. The molecule has 1 unspecified atom stereocenters. The summed E-state index contributed by atoms with van der Waals surface area (Å²) in [4.78, 5) is 23.9. The Balaban J connectivity index is 1.70. The van der Waals surface area contributed by atoms with Crippen LogP contribution in [0.25, 0.3) is 0 Å². The zero-order chi connectivity index (χ0) is 27.3. The van der Waals surface area contributed by atoms with E-state index in [2.05, 4.69) is 13.0 Å². The molecule has 0 radical (unpaired) electrons. The molecule has 3 rings (SSSR count). The van der Waals surface area contributed by atoms with Gasteiger partial charge >= 0.3 is 11.9 Å². The number of hydrogen-bond donors (Lipinski definition) is 4. The van der Waals surface area contributed by atoms with E-state index in [9.17, 15) is 24.9 Å². The van der Waals surface area contributed by atoms with Crippen molar-refractivity contribution >= 4 is 11.9 Å². The number of aliphatic hydroxyl groups is 3. The van der Waals surface area contributed by atoms with Crippen LogP contribution in [0.15, 0.2) is 42.0 Å². The number of esters is 1. The number of hydrogen-bond acceptors (Lipinski definition) is 7. The summed E-state index contributed by atoms with van der Waals surface area (Å²) in [6.07, 6.45) is 2.55. The maximum absolute atomic E-state index is 13.1. The highest BCUT2D eigenvalue weighted by Crippen LogP contribution is 2.44. The fourth-order valence-corrected chi connectivity index (χ4v) is 5.54. The topological polar surface area (TPSA) is 134 Å². The Labute approximate surface area is 218 Å². The van der Waals surface area contributed by atoms with Gasteiger partial charge in [0.2, 0.25) is 0 Å². The molecule has 8 heteroatoms. The molecule has 204 valence electrons. The van der Waals surface area contributed by atoms with E-state index in [1.54, 1.807) is 13.0 Å². The normalized spacial score (nSPS) is 27.4. The van der Waals surface area contributed by atoms with Crippen molar-refractivity contribution in [2.75, 3.05) is 0 Å². The lowest BCUT2D eigenvalue weighted by atomic mass is 9.66. The second-order valence-electron chi connectivity index (χ2n) is 10.6. The molecule has 0 fully saturated rings. The minimum atomic E-state index is -1.11. The molecule has 8 nitrogen and oxygen atoms in total. The van der Waals surface area contributed by atoms with Gasteiger partial charge in [-0.15, -0.1) is 0 Å². The van der Waals surface area contributed by atoms with Crippen molar-refractivity contribution in [2.24, 2.45) is 17.8 Å². The van der Waals surface area contributed by atoms with E-state index in [4.69, 9.17) is 14.6 Å². The molecule has 0 saturated carbocycles. The monoisotopic (exact) mass is 516 g/mol. The largest absolute Gasteiger partial charge is 0.481 e. The van der Waals surface area contributed by atoms with Gasteiger partial charge in [-0.2, -0.15) is 0 Å². The predicted octanol–water partition coefficient (Wildman–Crippen LogP) is 3.48. The second-order valence-corrected chi connectivity index (χ2v) is 10.6. The van der Waals surface area contributed by atoms with Crippen LogP contribution in [0.3, 0.4) is 0 Å². The SMILES string of the molecule is Cc1cccc(C)c1OC(C)C(=O)O[C@H]1C[C@H](O)C=C2C=C[C@H](C)[C@H](CC[C@@H](O)C[C@@H](O)CC(=O)O)[C@H]21. The Kier molecular flexibility index (Phi) is 9.93. The zero-order valence-corrected chi connectivity index (χ0v) is 22.0. The molecular weight excluding hydrogens is 476 g/mol. The minimum absolute atomic E-state index is 0.0130. The summed E-state index contributed by atoms with van der Waals surface area (Å²) in [6, 6.07) is 5.77. The average molecular weight is 517 g/mol. The third-order valence-electron chi connectivity index (χ3n) is 7.46. The van der Waals surface area contributed by atoms with E-state index in [0.717, 1.165) is 16.7 Å². The molecule has 37 heavy (non-hydrogen) atoms. The predicted molar refractivity (Wildman–Crippen MR) is 138 cm³/mol. The van der Waals surface area contributed by atoms with Crippen molar-refractivity contribution in [1.82, 2.24) is 0 Å². The molecule has 0 heterocycles. The van der Waals surface area contributed by atoms with Crippen molar-refractivity contribution in [2.45, 2.75) is 90.3 Å². The highest BCUT2D eigenvalue weighted by atomic mass is 16.6. The molecule has 8 atom stereocenters. The van der Waals surface area contributed by atoms with E-state index in [1.165, 1.54) is 0 Å². The van der Waals surface area contributed by atoms with Crippen LogP contribution < -0.4 is 4.74 Å². The van der Waals surface area contributed by atoms with Crippen LogP contribution >= 0.6 is 0 Å². The Morgan fingerprint density at radius 1 is 1.14 bits per heavy atom. The second kappa shape index (κ2) is 12.7. The van der Waals surface area contributed by atoms with Crippen LogP contribution in [0.1, 0.15) is 57.1 Å². The third kappa shape index (κ3) is 7.66. The highest BCUT2D eigenvalue weighted by molar-refractivity contribution is 5.75. The maximum atomic E-state index is 13.1. The van der Waals surface area contributed by atoms with Gasteiger partial charge < -0.3 is 29.9 Å². The Morgan fingerprint density at radius 2 is 1.81 bits per heavy atom. The molecule has 0 spiro atoms. The first kappa shape index (κ1) is 28.9. The summed E-state index contributed by atoms with van der Waals surface area (Å²) in [5, 5.41) is 39.6. The number of carbonyl (C=O) groups excluding carboxylic acids is 1. The first-order valence-electron chi connectivity index (χ1n) is 13.1. The number of allylic oxidation sites excluding steroid dienone is 2. The quantitative estimate of drug-likeness (QED) is 0.329. The lowest BCUT2D eigenvalue weighted by Gasteiger charge is -2.43. The molecule has 2 aliphatic rings.